The van der Waals surface area contributed by atoms with Crippen LogP contribution >= 0.6 is 11.8 Å². The van der Waals surface area contributed by atoms with Crippen molar-refractivity contribution in [2.75, 3.05) is 0 Å². The molecule has 0 aromatic heterocycles. The van der Waals surface area contributed by atoms with Crippen molar-refractivity contribution < 1.29 is 23.1 Å². The van der Waals surface area contributed by atoms with Gasteiger partial charge in [-0.1, -0.05) is 6.07 Å². The Hall–Kier alpha value is -1.17. The average Bonchev–Trinajstić information content (AvgIpc) is 2.27. The van der Waals surface area contributed by atoms with E-state index in [2.05, 4.69) is 0 Å². The smallest absolute Gasteiger partial charge is 0.401 e. The van der Waals surface area contributed by atoms with Crippen LogP contribution in [0.2, 0.25) is 0 Å². The number of hydrogen-bond donors (Lipinski definition) is 1. The fourth-order valence-corrected chi connectivity index (χ4v) is 3.52. The van der Waals surface area contributed by atoms with Crippen molar-refractivity contribution in [1.29, 1.82) is 0 Å². The summed E-state index contributed by atoms with van der Waals surface area (Å²) in [5.41, 5.74) is 2.58. The van der Waals surface area contributed by atoms with Crippen LogP contribution in [-0.2, 0) is 11.2 Å². The minimum absolute atomic E-state index is 0.0665. The van der Waals surface area contributed by atoms with Crippen molar-refractivity contribution in [3.8, 4) is 0 Å². The van der Waals surface area contributed by atoms with Gasteiger partial charge in [-0.05, 0) is 43.0 Å². The molecule has 0 fully saturated rings. The Labute approximate surface area is 113 Å². The molecular weight excluding hydrogens is 277 g/mol. The molecule has 2 nitrogen and oxygen atoms in total. The van der Waals surface area contributed by atoms with Crippen LogP contribution in [0.4, 0.5) is 13.2 Å². The monoisotopic (exact) mass is 290 g/mol. The summed E-state index contributed by atoms with van der Waals surface area (Å²) in [6, 6.07) is 3.51. The third kappa shape index (κ3) is 2.73. The van der Waals surface area contributed by atoms with E-state index in [9.17, 15) is 18.0 Å². The minimum atomic E-state index is -4.51. The van der Waals surface area contributed by atoms with Crippen LogP contribution in [0.5, 0.6) is 0 Å². The minimum Gasteiger partial charge on any atom is -0.481 e. The largest absolute Gasteiger partial charge is 0.481 e. The van der Waals surface area contributed by atoms with Gasteiger partial charge in [0, 0.05) is 4.90 Å². The van der Waals surface area contributed by atoms with E-state index in [1.165, 1.54) is 0 Å². The second-order valence-electron chi connectivity index (χ2n) is 4.77. The van der Waals surface area contributed by atoms with Crippen LogP contribution in [0, 0.1) is 19.8 Å². The van der Waals surface area contributed by atoms with E-state index in [0.29, 0.717) is 22.2 Å². The molecule has 0 spiro atoms. The normalized spacial score (nSPS) is 23.0. The van der Waals surface area contributed by atoms with Crippen molar-refractivity contribution in [3.63, 3.8) is 0 Å². The molecule has 1 heterocycles. The highest BCUT2D eigenvalue weighted by Crippen LogP contribution is 2.46. The Kier molecular flexibility index (Phi) is 3.55. The zero-order valence-corrected chi connectivity index (χ0v) is 11.2. The highest BCUT2D eigenvalue weighted by atomic mass is 32.2. The first-order valence-corrected chi connectivity index (χ1v) is 6.64. The number of alkyl halides is 3. The van der Waals surface area contributed by atoms with E-state index in [0.717, 1.165) is 11.1 Å². The third-order valence-electron chi connectivity index (χ3n) is 3.38. The Balaban J connectivity index is 2.45. The Bertz CT molecular complexity index is 525. The maximum atomic E-state index is 12.9. The number of carboxylic acids is 1. The number of carboxylic acid groups (broad SMARTS) is 1. The molecular formula is C13H13F3O2S. The molecule has 0 aliphatic carbocycles. The number of fused-ring (bicyclic) bond motifs is 1. The maximum absolute atomic E-state index is 12.9. The molecule has 6 heteroatoms. The molecule has 1 aromatic carbocycles. The first-order chi connectivity index (χ1) is 8.70. The Morgan fingerprint density at radius 2 is 1.89 bits per heavy atom. The zero-order valence-electron chi connectivity index (χ0n) is 10.4. The van der Waals surface area contributed by atoms with Crippen LogP contribution in [0.1, 0.15) is 16.7 Å². The molecule has 1 N–H and O–H groups in total. The van der Waals surface area contributed by atoms with E-state index >= 15 is 0 Å². The van der Waals surface area contributed by atoms with Gasteiger partial charge in [0.15, 0.2) is 0 Å². The van der Waals surface area contributed by atoms with Crippen LogP contribution in [-0.4, -0.2) is 22.5 Å². The molecule has 0 radical (unpaired) electrons. The molecule has 104 valence electrons. The van der Waals surface area contributed by atoms with E-state index in [4.69, 9.17) is 5.11 Å². The van der Waals surface area contributed by atoms with E-state index in [1.807, 2.05) is 13.8 Å². The summed E-state index contributed by atoms with van der Waals surface area (Å²) in [5.74, 6) is -2.81. The lowest BCUT2D eigenvalue weighted by atomic mass is 9.93. The topological polar surface area (TPSA) is 37.3 Å². The molecule has 1 aromatic rings. The van der Waals surface area contributed by atoms with Gasteiger partial charge in [0.25, 0.3) is 0 Å². The highest BCUT2D eigenvalue weighted by molar-refractivity contribution is 8.00. The lowest BCUT2D eigenvalue weighted by Gasteiger charge is -2.31. The molecule has 2 unspecified atom stereocenters. The Morgan fingerprint density at radius 1 is 1.32 bits per heavy atom. The number of rotatable bonds is 1. The predicted molar refractivity (Wildman–Crippen MR) is 66.4 cm³/mol. The van der Waals surface area contributed by atoms with Crippen molar-refractivity contribution in [1.82, 2.24) is 0 Å². The molecule has 0 bridgehead atoms. The third-order valence-corrected chi connectivity index (χ3v) is 4.86. The van der Waals surface area contributed by atoms with Gasteiger partial charge in [-0.3, -0.25) is 4.79 Å². The number of aliphatic carboxylic acids is 1. The van der Waals surface area contributed by atoms with E-state index in [-0.39, 0.29) is 6.42 Å². The molecule has 0 saturated heterocycles. The van der Waals surface area contributed by atoms with E-state index < -0.39 is 23.3 Å². The summed E-state index contributed by atoms with van der Waals surface area (Å²) in [6.45, 7) is 3.70. The van der Waals surface area contributed by atoms with Crippen molar-refractivity contribution in [2.45, 2.75) is 36.6 Å². The lowest BCUT2D eigenvalue weighted by molar-refractivity contribution is -0.160. The van der Waals surface area contributed by atoms with Crippen LogP contribution in [0.25, 0.3) is 0 Å². The Morgan fingerprint density at radius 3 is 2.42 bits per heavy atom. The summed E-state index contributed by atoms with van der Waals surface area (Å²) in [7, 11) is 0. The van der Waals surface area contributed by atoms with Crippen molar-refractivity contribution in [3.05, 3.63) is 28.8 Å². The standard InChI is InChI=1S/C13H13F3O2S/c1-6-3-8-5-9(12(17)18)11(13(14,15)16)19-10(8)4-7(6)2/h3-4,9,11H,5H2,1-2H3,(H,17,18). The van der Waals surface area contributed by atoms with Gasteiger partial charge in [0.05, 0.1) is 5.92 Å². The van der Waals surface area contributed by atoms with Gasteiger partial charge in [-0.2, -0.15) is 13.2 Å². The van der Waals surface area contributed by atoms with Crippen LogP contribution < -0.4 is 0 Å². The highest BCUT2D eigenvalue weighted by Gasteiger charge is 2.50. The second-order valence-corrected chi connectivity index (χ2v) is 5.96. The van der Waals surface area contributed by atoms with Crippen molar-refractivity contribution in [2.24, 2.45) is 5.92 Å². The molecule has 2 atom stereocenters. The summed E-state index contributed by atoms with van der Waals surface area (Å²) in [5, 5.41) is 7.13. The van der Waals surface area contributed by atoms with Gasteiger partial charge in [-0.15, -0.1) is 11.8 Å². The first-order valence-electron chi connectivity index (χ1n) is 5.76. The predicted octanol–water partition coefficient (Wildman–Crippen LogP) is 3.58. The fourth-order valence-electron chi connectivity index (χ4n) is 2.19. The number of thioether (sulfide) groups is 1. The van der Waals surface area contributed by atoms with Gasteiger partial charge in [0.2, 0.25) is 0 Å². The van der Waals surface area contributed by atoms with Crippen molar-refractivity contribution >= 4 is 17.7 Å². The quantitative estimate of drug-likeness (QED) is 0.859. The first kappa shape index (κ1) is 14.2. The lowest BCUT2D eigenvalue weighted by Crippen LogP contribution is -2.41. The molecule has 0 saturated carbocycles. The molecule has 19 heavy (non-hydrogen) atoms. The summed E-state index contributed by atoms with van der Waals surface area (Å²) < 4.78 is 38.8. The summed E-state index contributed by atoms with van der Waals surface area (Å²) in [4.78, 5) is 11.6. The second kappa shape index (κ2) is 4.74. The average molecular weight is 290 g/mol. The SMILES string of the molecule is Cc1cc2c(cc1C)SC(C(F)(F)F)C(C(=O)O)C2. The van der Waals surface area contributed by atoms with Crippen LogP contribution in [0.15, 0.2) is 17.0 Å². The number of benzene rings is 1. The van der Waals surface area contributed by atoms with E-state index in [1.54, 1.807) is 12.1 Å². The van der Waals surface area contributed by atoms with Gasteiger partial charge >= 0.3 is 12.1 Å². The maximum Gasteiger partial charge on any atom is 0.401 e. The number of hydrogen-bond acceptors (Lipinski definition) is 2. The number of halogens is 3. The van der Waals surface area contributed by atoms with Gasteiger partial charge in [-0.25, -0.2) is 0 Å². The van der Waals surface area contributed by atoms with Crippen LogP contribution in [0.3, 0.4) is 0 Å². The molecule has 1 aliphatic heterocycles. The summed E-state index contributed by atoms with van der Waals surface area (Å²) >= 11 is 0.617. The summed E-state index contributed by atoms with van der Waals surface area (Å²) in [6.07, 6.45) is -4.58. The van der Waals surface area contributed by atoms with Gasteiger partial charge < -0.3 is 5.11 Å². The molecule has 1 aliphatic rings. The number of aryl methyl sites for hydroxylation is 2. The number of carbonyl (C=O) groups is 1. The molecule has 2 rings (SSSR count). The zero-order chi connectivity index (χ0) is 14.4. The fraction of sp³-hybridized carbons (Fsp3) is 0.462. The van der Waals surface area contributed by atoms with Gasteiger partial charge in [0.1, 0.15) is 5.25 Å². The molecule has 0 amide bonds.